The summed E-state index contributed by atoms with van der Waals surface area (Å²) >= 11 is 0. The Bertz CT molecular complexity index is 711. The lowest BCUT2D eigenvalue weighted by molar-refractivity contribution is -0.0488. The minimum atomic E-state index is -1.15. The Balaban J connectivity index is 2.03. The van der Waals surface area contributed by atoms with Crippen molar-refractivity contribution in [1.82, 2.24) is 19.5 Å². The van der Waals surface area contributed by atoms with Crippen LogP contribution in [0, 0.1) is 0 Å². The number of fused-ring (bicyclic) bond motifs is 1. The number of nitrogen functional groups attached to an aromatic ring is 1. The van der Waals surface area contributed by atoms with E-state index in [4.69, 9.17) is 16.0 Å². The highest BCUT2D eigenvalue weighted by atomic mass is 16.5. The molecule has 2 aromatic rings. The monoisotopic (exact) mass is 292 g/mol. The molecule has 21 heavy (non-hydrogen) atoms. The second-order valence-corrected chi connectivity index (χ2v) is 4.52. The summed E-state index contributed by atoms with van der Waals surface area (Å²) in [4.78, 5) is 14.6. The Morgan fingerprint density at radius 1 is 1.48 bits per heavy atom. The predicted octanol–water partition coefficient (Wildman–Crippen LogP) is -0.662. The number of anilines is 1. The Labute approximate surface area is 117 Å². The molecule has 11 heteroatoms. The number of imidazole rings is 1. The van der Waals surface area contributed by atoms with Crippen LogP contribution in [0.2, 0.25) is 0 Å². The van der Waals surface area contributed by atoms with Gasteiger partial charge in [-0.25, -0.2) is 15.0 Å². The zero-order valence-electron chi connectivity index (χ0n) is 10.7. The van der Waals surface area contributed by atoms with E-state index >= 15 is 0 Å². The van der Waals surface area contributed by atoms with Gasteiger partial charge in [0.25, 0.3) is 0 Å². The van der Waals surface area contributed by atoms with Gasteiger partial charge in [0.15, 0.2) is 17.7 Å². The third-order valence-corrected chi connectivity index (χ3v) is 3.36. The molecule has 1 fully saturated rings. The third-order valence-electron chi connectivity index (χ3n) is 3.36. The molecule has 3 heterocycles. The van der Waals surface area contributed by atoms with Crippen molar-refractivity contribution < 1.29 is 14.9 Å². The Hall–Kier alpha value is -2.46. The number of hydrogen-bond acceptors (Lipinski definition) is 8. The first-order valence-corrected chi connectivity index (χ1v) is 6.09. The standard InChI is InChI=1S/C10H12N8O3/c11-8-6-9(14-2-13-8)18(3-15-6)10-7(20)5(16-17-12)4(1-19)21-10/h2-5,7,10,19-20H,1H2,(H2,11,13,14)/t4-,5+,7?,10-/m0/s1. The first kappa shape index (κ1) is 13.5. The van der Waals surface area contributed by atoms with Crippen LogP contribution in [-0.4, -0.2) is 54.6 Å². The van der Waals surface area contributed by atoms with Gasteiger partial charge in [-0.3, -0.25) is 4.57 Å². The van der Waals surface area contributed by atoms with Crippen LogP contribution in [0.5, 0.6) is 0 Å². The van der Waals surface area contributed by atoms with E-state index in [2.05, 4.69) is 25.0 Å². The van der Waals surface area contributed by atoms with Crippen LogP contribution in [0.25, 0.3) is 21.6 Å². The second kappa shape index (κ2) is 5.14. The van der Waals surface area contributed by atoms with E-state index in [1.807, 2.05) is 0 Å². The molecular formula is C10H12N8O3. The van der Waals surface area contributed by atoms with Crippen LogP contribution < -0.4 is 5.73 Å². The van der Waals surface area contributed by atoms with Crippen molar-refractivity contribution in [3.63, 3.8) is 0 Å². The lowest BCUT2D eigenvalue weighted by Crippen LogP contribution is -2.31. The SMILES string of the molecule is [N-]=[N+]=N[C@H]1C(O)[C@@H](n2cnc3c(N)ncnc32)O[C@H]1CO. The normalized spacial score (nSPS) is 28.7. The largest absolute Gasteiger partial charge is 0.394 e. The number of nitrogens with zero attached hydrogens (tertiary/aromatic N) is 7. The number of azide groups is 1. The fourth-order valence-corrected chi connectivity index (χ4v) is 2.37. The fourth-order valence-electron chi connectivity index (χ4n) is 2.37. The van der Waals surface area contributed by atoms with E-state index in [1.165, 1.54) is 17.2 Å². The quantitative estimate of drug-likeness (QED) is 0.383. The van der Waals surface area contributed by atoms with E-state index in [0.717, 1.165) is 0 Å². The topological polar surface area (TPSA) is 168 Å². The summed E-state index contributed by atoms with van der Waals surface area (Å²) in [5.74, 6) is 0.205. The fraction of sp³-hybridized carbons (Fsp3) is 0.500. The summed E-state index contributed by atoms with van der Waals surface area (Å²) in [5.41, 5.74) is 15.0. The van der Waals surface area contributed by atoms with Gasteiger partial charge in [0.05, 0.1) is 25.1 Å². The first-order valence-electron chi connectivity index (χ1n) is 6.09. The summed E-state index contributed by atoms with van der Waals surface area (Å²) in [6.45, 7) is -0.388. The molecule has 4 atom stereocenters. The average molecular weight is 292 g/mol. The van der Waals surface area contributed by atoms with Gasteiger partial charge in [-0.1, -0.05) is 5.11 Å². The van der Waals surface area contributed by atoms with Gasteiger partial charge in [-0.05, 0) is 5.53 Å². The Morgan fingerprint density at radius 2 is 2.29 bits per heavy atom. The van der Waals surface area contributed by atoms with Crippen molar-refractivity contribution in [2.75, 3.05) is 12.3 Å². The molecule has 0 saturated carbocycles. The van der Waals surface area contributed by atoms with Gasteiger partial charge in [-0.2, -0.15) is 0 Å². The molecule has 0 aromatic carbocycles. The molecule has 0 bridgehead atoms. The number of hydrogen-bond donors (Lipinski definition) is 3. The molecule has 3 rings (SSSR count). The summed E-state index contributed by atoms with van der Waals surface area (Å²) < 4.78 is 7.00. The third kappa shape index (κ3) is 2.04. The molecular weight excluding hydrogens is 280 g/mol. The maximum absolute atomic E-state index is 10.3. The van der Waals surface area contributed by atoms with E-state index < -0.39 is 24.5 Å². The highest BCUT2D eigenvalue weighted by Gasteiger charge is 2.44. The smallest absolute Gasteiger partial charge is 0.167 e. The van der Waals surface area contributed by atoms with Crippen LogP contribution in [0.1, 0.15) is 6.23 Å². The number of aliphatic hydroxyl groups is 2. The zero-order chi connectivity index (χ0) is 15.0. The van der Waals surface area contributed by atoms with Gasteiger partial charge in [-0.15, -0.1) is 0 Å². The average Bonchev–Trinajstić information content (AvgIpc) is 3.03. The van der Waals surface area contributed by atoms with E-state index in [9.17, 15) is 10.2 Å². The number of rotatable bonds is 3. The molecule has 1 unspecified atom stereocenters. The summed E-state index contributed by atoms with van der Waals surface area (Å²) in [6.07, 6.45) is -0.177. The van der Waals surface area contributed by atoms with Crippen molar-refractivity contribution in [2.24, 2.45) is 5.11 Å². The lowest BCUT2D eigenvalue weighted by atomic mass is 10.1. The predicted molar refractivity (Wildman–Crippen MR) is 69.7 cm³/mol. The Morgan fingerprint density at radius 3 is 3.00 bits per heavy atom. The number of aliphatic hydroxyl groups excluding tert-OH is 2. The van der Waals surface area contributed by atoms with E-state index in [1.54, 1.807) is 0 Å². The van der Waals surface area contributed by atoms with Gasteiger partial charge in [0, 0.05) is 4.91 Å². The molecule has 1 aliphatic rings. The van der Waals surface area contributed by atoms with Crippen molar-refractivity contribution in [3.8, 4) is 0 Å². The molecule has 110 valence electrons. The molecule has 1 aliphatic heterocycles. The Kier molecular flexibility index (Phi) is 3.31. The minimum absolute atomic E-state index is 0.205. The van der Waals surface area contributed by atoms with Gasteiger partial charge in [0.1, 0.15) is 17.9 Å². The second-order valence-electron chi connectivity index (χ2n) is 4.52. The summed E-state index contributed by atoms with van der Waals surface area (Å²) in [7, 11) is 0. The van der Waals surface area contributed by atoms with Crippen molar-refractivity contribution >= 4 is 17.0 Å². The molecule has 11 nitrogen and oxygen atoms in total. The minimum Gasteiger partial charge on any atom is -0.394 e. The van der Waals surface area contributed by atoms with Gasteiger partial charge < -0.3 is 20.7 Å². The van der Waals surface area contributed by atoms with Gasteiger partial charge in [0.2, 0.25) is 0 Å². The molecule has 0 radical (unpaired) electrons. The van der Waals surface area contributed by atoms with Crippen molar-refractivity contribution in [1.29, 1.82) is 0 Å². The maximum atomic E-state index is 10.3. The van der Waals surface area contributed by atoms with Crippen LogP contribution >= 0.6 is 0 Å². The van der Waals surface area contributed by atoms with E-state index in [-0.39, 0.29) is 12.4 Å². The zero-order valence-corrected chi connectivity index (χ0v) is 10.7. The van der Waals surface area contributed by atoms with Crippen LogP contribution in [0.15, 0.2) is 17.8 Å². The maximum Gasteiger partial charge on any atom is 0.167 e. The molecule has 2 aromatic heterocycles. The first-order chi connectivity index (χ1) is 10.2. The molecule has 1 saturated heterocycles. The number of aromatic nitrogens is 4. The van der Waals surface area contributed by atoms with Crippen LogP contribution in [0.4, 0.5) is 5.82 Å². The molecule has 4 N–H and O–H groups in total. The van der Waals surface area contributed by atoms with E-state index in [0.29, 0.717) is 11.2 Å². The van der Waals surface area contributed by atoms with Crippen LogP contribution in [-0.2, 0) is 4.74 Å². The van der Waals surface area contributed by atoms with Crippen molar-refractivity contribution in [2.45, 2.75) is 24.5 Å². The summed E-state index contributed by atoms with van der Waals surface area (Å²) in [6, 6.07) is -0.901. The summed E-state index contributed by atoms with van der Waals surface area (Å²) in [5, 5.41) is 23.0. The lowest BCUT2D eigenvalue weighted by Gasteiger charge is -2.16. The van der Waals surface area contributed by atoms with Crippen molar-refractivity contribution in [3.05, 3.63) is 23.1 Å². The molecule has 0 spiro atoms. The van der Waals surface area contributed by atoms with Crippen LogP contribution in [0.3, 0.4) is 0 Å². The highest BCUT2D eigenvalue weighted by molar-refractivity contribution is 5.81. The van der Waals surface area contributed by atoms with Gasteiger partial charge >= 0.3 is 0 Å². The highest BCUT2D eigenvalue weighted by Crippen LogP contribution is 2.33. The number of nitrogens with two attached hydrogens (primary N) is 1. The molecule has 0 aliphatic carbocycles. The molecule has 0 amide bonds. The number of ether oxygens (including phenoxy) is 1.